The maximum Gasteiger partial charge on any atom is 0.321 e. The highest BCUT2D eigenvalue weighted by atomic mass is 16.5. The third kappa shape index (κ3) is 4.82. The Balaban J connectivity index is 2.50. The van der Waals surface area contributed by atoms with Gasteiger partial charge in [-0.1, -0.05) is 0 Å². The zero-order chi connectivity index (χ0) is 14.3. The van der Waals surface area contributed by atoms with Gasteiger partial charge in [-0.3, -0.25) is 10.1 Å². The van der Waals surface area contributed by atoms with Crippen LogP contribution in [-0.2, 0) is 4.79 Å². The Morgan fingerprint density at radius 1 is 1.42 bits per heavy atom. The van der Waals surface area contributed by atoms with E-state index in [0.29, 0.717) is 18.1 Å². The van der Waals surface area contributed by atoms with Crippen LogP contribution in [0.3, 0.4) is 0 Å². The van der Waals surface area contributed by atoms with Crippen molar-refractivity contribution in [1.29, 1.82) is 0 Å². The molecule has 19 heavy (non-hydrogen) atoms. The van der Waals surface area contributed by atoms with E-state index in [1.807, 2.05) is 0 Å². The fourth-order valence-electron chi connectivity index (χ4n) is 1.33. The summed E-state index contributed by atoms with van der Waals surface area (Å²) in [6, 6.07) is 2.35. The maximum atomic E-state index is 11.7. The minimum absolute atomic E-state index is 0.415. The van der Waals surface area contributed by atoms with Crippen LogP contribution in [0.15, 0.2) is 18.3 Å². The van der Waals surface area contributed by atoms with Crippen molar-refractivity contribution in [1.82, 2.24) is 15.6 Å². The number of aromatic nitrogens is 1. The van der Waals surface area contributed by atoms with Gasteiger partial charge in [0.05, 0.1) is 19.0 Å². The van der Waals surface area contributed by atoms with Gasteiger partial charge in [-0.05, 0) is 19.9 Å². The summed E-state index contributed by atoms with van der Waals surface area (Å²) in [6.45, 7) is 3.89. The number of carbonyl (C=O) groups excluding carboxylic acids is 2. The van der Waals surface area contributed by atoms with Crippen molar-refractivity contribution in [2.45, 2.75) is 19.9 Å². The number of methoxy groups -OCH3 is 1. The Bertz CT molecular complexity index is 433. The molecule has 0 saturated carbocycles. The molecule has 0 radical (unpaired) electrons. The molecule has 0 bridgehead atoms. The quantitative estimate of drug-likeness (QED) is 0.731. The predicted octanol–water partition coefficient (Wildman–Crippen LogP) is 0.736. The number of rotatable bonds is 5. The molecule has 1 atom stereocenters. The molecule has 0 saturated heterocycles. The lowest BCUT2D eigenvalue weighted by Gasteiger charge is -2.14. The van der Waals surface area contributed by atoms with Gasteiger partial charge >= 0.3 is 6.03 Å². The molecule has 1 rings (SSSR count). The number of nitrogens with zero attached hydrogens (tertiary/aromatic N) is 1. The highest BCUT2D eigenvalue weighted by molar-refractivity contribution is 5.97. The largest absolute Gasteiger partial charge is 0.481 e. The van der Waals surface area contributed by atoms with E-state index in [2.05, 4.69) is 20.9 Å². The first kappa shape index (κ1) is 14.7. The normalized spacial score (nSPS) is 11.3. The third-order valence-corrected chi connectivity index (χ3v) is 2.30. The van der Waals surface area contributed by atoms with E-state index in [1.165, 1.54) is 7.11 Å². The van der Waals surface area contributed by atoms with Gasteiger partial charge in [-0.2, -0.15) is 0 Å². The second-order valence-electron chi connectivity index (χ2n) is 3.80. The number of ether oxygens (including phenoxy) is 1. The Morgan fingerprint density at radius 3 is 2.68 bits per heavy atom. The lowest BCUT2D eigenvalue weighted by atomic mass is 10.3. The standard InChI is InChI=1S/C12H18N4O3/c1-4-13-12(18)16-11(17)8(2)15-9-5-6-10(19-3)14-7-9/h5-8,15H,4H2,1-3H3,(H2,13,16,17,18)/t8-/m0/s1. The van der Waals surface area contributed by atoms with E-state index in [4.69, 9.17) is 4.74 Å². The second-order valence-corrected chi connectivity index (χ2v) is 3.80. The molecule has 7 nitrogen and oxygen atoms in total. The van der Waals surface area contributed by atoms with Gasteiger partial charge < -0.3 is 15.4 Å². The number of anilines is 1. The molecule has 0 aliphatic heterocycles. The van der Waals surface area contributed by atoms with Gasteiger partial charge in [0.25, 0.3) is 0 Å². The first-order valence-corrected chi connectivity index (χ1v) is 5.92. The molecule has 0 unspecified atom stereocenters. The summed E-state index contributed by atoms with van der Waals surface area (Å²) < 4.78 is 4.93. The lowest BCUT2D eigenvalue weighted by molar-refractivity contribution is -0.120. The van der Waals surface area contributed by atoms with Crippen LogP contribution in [0.5, 0.6) is 5.88 Å². The van der Waals surface area contributed by atoms with E-state index in [9.17, 15) is 9.59 Å². The van der Waals surface area contributed by atoms with Crippen molar-refractivity contribution in [3.63, 3.8) is 0 Å². The van der Waals surface area contributed by atoms with E-state index in [-0.39, 0.29) is 0 Å². The van der Waals surface area contributed by atoms with Crippen LogP contribution in [-0.4, -0.2) is 36.6 Å². The number of nitrogens with one attached hydrogen (secondary N) is 3. The van der Waals surface area contributed by atoms with Crippen molar-refractivity contribution in [2.24, 2.45) is 0 Å². The maximum absolute atomic E-state index is 11.7. The van der Waals surface area contributed by atoms with Crippen LogP contribution in [0.25, 0.3) is 0 Å². The van der Waals surface area contributed by atoms with Gasteiger partial charge in [0, 0.05) is 12.6 Å². The van der Waals surface area contributed by atoms with E-state index in [1.54, 1.807) is 32.2 Å². The number of amides is 3. The molecular weight excluding hydrogens is 248 g/mol. The van der Waals surface area contributed by atoms with Crippen LogP contribution >= 0.6 is 0 Å². The third-order valence-electron chi connectivity index (χ3n) is 2.30. The number of pyridine rings is 1. The SMILES string of the molecule is CCNC(=O)NC(=O)[C@H](C)Nc1ccc(OC)nc1. The minimum atomic E-state index is -0.558. The first-order chi connectivity index (χ1) is 9.06. The Kier molecular flexibility index (Phi) is 5.59. The molecular formula is C12H18N4O3. The average molecular weight is 266 g/mol. The van der Waals surface area contributed by atoms with Crippen LogP contribution in [0.4, 0.5) is 10.5 Å². The molecule has 0 aromatic carbocycles. The fraction of sp³-hybridized carbons (Fsp3) is 0.417. The smallest absolute Gasteiger partial charge is 0.321 e. The number of hydrogen-bond donors (Lipinski definition) is 3. The van der Waals surface area contributed by atoms with Gasteiger partial charge in [-0.25, -0.2) is 9.78 Å². The molecule has 3 amide bonds. The van der Waals surface area contributed by atoms with Crippen molar-refractivity contribution >= 4 is 17.6 Å². The van der Waals surface area contributed by atoms with Crippen LogP contribution in [0.2, 0.25) is 0 Å². The van der Waals surface area contributed by atoms with Crippen LogP contribution in [0, 0.1) is 0 Å². The number of carbonyl (C=O) groups is 2. The molecule has 0 aliphatic rings. The molecule has 3 N–H and O–H groups in total. The zero-order valence-corrected chi connectivity index (χ0v) is 11.2. The van der Waals surface area contributed by atoms with Gasteiger partial charge in [0.1, 0.15) is 6.04 Å². The monoisotopic (exact) mass is 266 g/mol. The van der Waals surface area contributed by atoms with Gasteiger partial charge in [0.2, 0.25) is 11.8 Å². The highest BCUT2D eigenvalue weighted by Crippen LogP contribution is 2.11. The zero-order valence-electron chi connectivity index (χ0n) is 11.2. The predicted molar refractivity (Wildman–Crippen MR) is 71.1 cm³/mol. The average Bonchev–Trinajstić information content (AvgIpc) is 2.39. The van der Waals surface area contributed by atoms with Crippen molar-refractivity contribution in [3.05, 3.63) is 18.3 Å². The fourth-order valence-corrected chi connectivity index (χ4v) is 1.33. The molecule has 1 aromatic rings. The molecule has 7 heteroatoms. The molecule has 1 aromatic heterocycles. The Morgan fingerprint density at radius 2 is 2.16 bits per heavy atom. The van der Waals surface area contributed by atoms with Crippen molar-refractivity contribution in [3.8, 4) is 5.88 Å². The van der Waals surface area contributed by atoms with Crippen molar-refractivity contribution in [2.75, 3.05) is 19.0 Å². The first-order valence-electron chi connectivity index (χ1n) is 5.92. The summed E-state index contributed by atoms with van der Waals surface area (Å²) in [5.41, 5.74) is 0.666. The van der Waals surface area contributed by atoms with Gasteiger partial charge in [0.15, 0.2) is 0 Å². The van der Waals surface area contributed by atoms with E-state index < -0.39 is 18.0 Å². The summed E-state index contributed by atoms with van der Waals surface area (Å²) in [5, 5.41) is 7.64. The molecule has 0 aliphatic carbocycles. The van der Waals surface area contributed by atoms with Crippen LogP contribution < -0.4 is 20.7 Å². The van der Waals surface area contributed by atoms with Crippen LogP contribution in [0.1, 0.15) is 13.8 Å². The summed E-state index contributed by atoms with van der Waals surface area (Å²) >= 11 is 0. The van der Waals surface area contributed by atoms with Gasteiger partial charge in [-0.15, -0.1) is 0 Å². The summed E-state index contributed by atoms with van der Waals surface area (Å²) in [4.78, 5) is 26.9. The topological polar surface area (TPSA) is 92.4 Å². The second kappa shape index (κ2) is 7.20. The Labute approximate surface area is 111 Å². The molecule has 0 spiro atoms. The number of hydrogen-bond acceptors (Lipinski definition) is 5. The lowest BCUT2D eigenvalue weighted by Crippen LogP contribution is -2.45. The molecule has 1 heterocycles. The number of imide groups is 1. The summed E-state index contributed by atoms with van der Waals surface area (Å²) in [7, 11) is 1.53. The summed E-state index contributed by atoms with van der Waals surface area (Å²) in [6.07, 6.45) is 1.55. The Hall–Kier alpha value is -2.31. The van der Waals surface area contributed by atoms with Crippen molar-refractivity contribution < 1.29 is 14.3 Å². The molecule has 0 fully saturated rings. The summed E-state index contributed by atoms with van der Waals surface area (Å²) in [5.74, 6) is 0.0757. The van der Waals surface area contributed by atoms with E-state index >= 15 is 0 Å². The molecule has 104 valence electrons. The highest BCUT2D eigenvalue weighted by Gasteiger charge is 2.15. The van der Waals surface area contributed by atoms with E-state index in [0.717, 1.165) is 0 Å². The minimum Gasteiger partial charge on any atom is -0.481 e. The number of urea groups is 1.